The van der Waals surface area contributed by atoms with E-state index in [2.05, 4.69) is 34.5 Å². The Balaban J connectivity index is 1.43. The monoisotopic (exact) mass is 272 g/mol. The van der Waals surface area contributed by atoms with Crippen molar-refractivity contribution >= 4 is 5.69 Å². The normalized spacial score (nSPS) is 32.2. The van der Waals surface area contributed by atoms with E-state index in [9.17, 15) is 0 Å². The van der Waals surface area contributed by atoms with E-state index in [-0.39, 0.29) is 0 Å². The molecule has 3 nitrogen and oxygen atoms in total. The van der Waals surface area contributed by atoms with Gasteiger partial charge in [0, 0.05) is 31.4 Å². The number of nitrogens with one attached hydrogen (secondary N) is 1. The van der Waals surface area contributed by atoms with Gasteiger partial charge in [0.1, 0.15) is 0 Å². The second-order valence-electron chi connectivity index (χ2n) is 6.42. The summed E-state index contributed by atoms with van der Waals surface area (Å²) in [5.41, 5.74) is 2.87. The van der Waals surface area contributed by atoms with Gasteiger partial charge in [0.25, 0.3) is 0 Å². The minimum atomic E-state index is 0.471. The van der Waals surface area contributed by atoms with Crippen LogP contribution in [0.2, 0.25) is 0 Å². The zero-order valence-corrected chi connectivity index (χ0v) is 12.1. The Morgan fingerprint density at radius 1 is 1.15 bits per heavy atom. The van der Waals surface area contributed by atoms with E-state index in [1.54, 1.807) is 0 Å². The first-order valence-corrected chi connectivity index (χ1v) is 8.12. The summed E-state index contributed by atoms with van der Waals surface area (Å²) in [6.45, 7) is 3.41. The average Bonchev–Trinajstić information content (AvgIpc) is 3.22. The van der Waals surface area contributed by atoms with Gasteiger partial charge in [-0.25, -0.2) is 0 Å². The van der Waals surface area contributed by atoms with E-state index < -0.39 is 0 Å². The number of hydrogen-bond donors (Lipinski definition) is 1. The smallest absolute Gasteiger partial charge is 0.0733 e. The molecule has 3 aliphatic heterocycles. The van der Waals surface area contributed by atoms with Gasteiger partial charge in [-0.15, -0.1) is 0 Å². The lowest BCUT2D eigenvalue weighted by Crippen LogP contribution is -2.37. The van der Waals surface area contributed by atoms with Gasteiger partial charge in [-0.3, -0.25) is 0 Å². The molecule has 2 bridgehead atoms. The Bertz CT molecular complexity index is 470. The summed E-state index contributed by atoms with van der Waals surface area (Å²) in [6, 6.07) is 9.44. The van der Waals surface area contributed by atoms with E-state index in [0.717, 1.165) is 6.54 Å². The lowest BCUT2D eigenvalue weighted by atomic mass is 9.95. The van der Waals surface area contributed by atoms with Crippen molar-refractivity contribution in [2.45, 2.75) is 56.9 Å². The standard InChI is InChI=1S/C17H24N2O/c1-2-6-16(19-9-3-4-10-19)13(5-1)12-18-15-11-14-7-8-17(15)20-14/h1-2,5-6,14-15,17-18H,3-4,7-12H2. The lowest BCUT2D eigenvalue weighted by Gasteiger charge is -2.24. The summed E-state index contributed by atoms with van der Waals surface area (Å²) < 4.78 is 5.93. The van der Waals surface area contributed by atoms with Crippen LogP contribution < -0.4 is 10.2 Å². The summed E-state index contributed by atoms with van der Waals surface area (Å²) in [7, 11) is 0. The molecule has 4 rings (SSSR count). The molecule has 0 aromatic heterocycles. The van der Waals surface area contributed by atoms with E-state index in [1.165, 1.54) is 56.4 Å². The minimum absolute atomic E-state index is 0.471. The summed E-state index contributed by atoms with van der Waals surface area (Å²) in [5.74, 6) is 0. The van der Waals surface area contributed by atoms with Gasteiger partial charge in [0.05, 0.1) is 12.2 Å². The Morgan fingerprint density at radius 2 is 2.00 bits per heavy atom. The van der Waals surface area contributed by atoms with Crippen LogP contribution in [0.5, 0.6) is 0 Å². The predicted molar refractivity (Wildman–Crippen MR) is 81.0 cm³/mol. The van der Waals surface area contributed by atoms with Crippen LogP contribution >= 0.6 is 0 Å². The Kier molecular flexibility index (Phi) is 3.41. The highest BCUT2D eigenvalue weighted by atomic mass is 16.5. The number of rotatable bonds is 4. The predicted octanol–water partition coefficient (Wildman–Crippen LogP) is 2.70. The Labute approximate surface area is 121 Å². The number of ether oxygens (including phenoxy) is 1. The molecule has 1 aromatic carbocycles. The summed E-state index contributed by atoms with van der Waals surface area (Å²) in [4.78, 5) is 2.54. The second kappa shape index (κ2) is 5.38. The van der Waals surface area contributed by atoms with Crippen molar-refractivity contribution in [2.24, 2.45) is 0 Å². The molecule has 3 heterocycles. The van der Waals surface area contributed by atoms with Crippen LogP contribution in [-0.2, 0) is 11.3 Å². The van der Waals surface area contributed by atoms with Gasteiger partial charge < -0.3 is 15.0 Å². The van der Waals surface area contributed by atoms with Crippen molar-refractivity contribution in [3.05, 3.63) is 29.8 Å². The molecular weight excluding hydrogens is 248 g/mol. The SMILES string of the molecule is c1ccc(N2CCCC2)c(CNC2CC3CCC2O3)c1. The average molecular weight is 272 g/mol. The van der Waals surface area contributed by atoms with Crippen molar-refractivity contribution < 1.29 is 4.74 Å². The van der Waals surface area contributed by atoms with Crippen molar-refractivity contribution in [1.29, 1.82) is 0 Å². The molecule has 3 fully saturated rings. The zero-order chi connectivity index (χ0) is 13.4. The lowest BCUT2D eigenvalue weighted by molar-refractivity contribution is 0.0973. The summed E-state index contributed by atoms with van der Waals surface area (Å²) >= 11 is 0. The third-order valence-corrected chi connectivity index (χ3v) is 5.10. The number of anilines is 1. The molecule has 0 amide bonds. The fourth-order valence-electron chi connectivity index (χ4n) is 4.02. The van der Waals surface area contributed by atoms with Crippen LogP contribution in [0.3, 0.4) is 0 Å². The van der Waals surface area contributed by atoms with Crippen LogP contribution in [0.4, 0.5) is 5.69 Å². The quantitative estimate of drug-likeness (QED) is 0.912. The van der Waals surface area contributed by atoms with Gasteiger partial charge in [0.15, 0.2) is 0 Å². The highest BCUT2D eigenvalue weighted by Crippen LogP contribution is 2.34. The van der Waals surface area contributed by atoms with Gasteiger partial charge in [0.2, 0.25) is 0 Å². The van der Waals surface area contributed by atoms with Crippen LogP contribution in [0.25, 0.3) is 0 Å². The highest BCUT2D eigenvalue weighted by Gasteiger charge is 2.40. The van der Waals surface area contributed by atoms with Gasteiger partial charge >= 0.3 is 0 Å². The number of hydrogen-bond acceptors (Lipinski definition) is 3. The van der Waals surface area contributed by atoms with E-state index in [1.807, 2.05) is 0 Å². The highest BCUT2D eigenvalue weighted by molar-refractivity contribution is 5.54. The Morgan fingerprint density at radius 3 is 2.75 bits per heavy atom. The van der Waals surface area contributed by atoms with E-state index in [0.29, 0.717) is 18.2 Å². The van der Waals surface area contributed by atoms with Crippen molar-refractivity contribution in [3.63, 3.8) is 0 Å². The molecule has 3 saturated heterocycles. The number of nitrogens with zero attached hydrogens (tertiary/aromatic N) is 1. The molecular formula is C17H24N2O. The van der Waals surface area contributed by atoms with Crippen LogP contribution in [-0.4, -0.2) is 31.3 Å². The maximum absolute atomic E-state index is 5.93. The first-order chi connectivity index (χ1) is 9.90. The first-order valence-electron chi connectivity index (χ1n) is 8.12. The second-order valence-corrected chi connectivity index (χ2v) is 6.42. The minimum Gasteiger partial charge on any atom is -0.373 e. The fraction of sp³-hybridized carbons (Fsp3) is 0.647. The third-order valence-electron chi connectivity index (χ3n) is 5.10. The zero-order valence-electron chi connectivity index (χ0n) is 12.1. The van der Waals surface area contributed by atoms with Crippen LogP contribution in [0, 0.1) is 0 Å². The van der Waals surface area contributed by atoms with Crippen LogP contribution in [0.1, 0.15) is 37.7 Å². The molecule has 1 N–H and O–H groups in total. The molecule has 3 unspecified atom stereocenters. The molecule has 0 aliphatic carbocycles. The number of benzene rings is 1. The molecule has 3 atom stereocenters. The molecule has 0 radical (unpaired) electrons. The summed E-state index contributed by atoms with van der Waals surface area (Å²) in [6.07, 6.45) is 7.40. The van der Waals surface area contributed by atoms with Crippen molar-refractivity contribution in [1.82, 2.24) is 5.32 Å². The molecule has 3 aliphatic rings. The molecule has 0 saturated carbocycles. The van der Waals surface area contributed by atoms with Gasteiger partial charge in [-0.05, 0) is 43.7 Å². The molecule has 108 valence electrons. The van der Waals surface area contributed by atoms with E-state index >= 15 is 0 Å². The molecule has 1 aromatic rings. The van der Waals surface area contributed by atoms with Gasteiger partial charge in [-0.1, -0.05) is 18.2 Å². The molecule has 20 heavy (non-hydrogen) atoms. The van der Waals surface area contributed by atoms with Crippen LogP contribution in [0.15, 0.2) is 24.3 Å². The maximum atomic E-state index is 5.93. The topological polar surface area (TPSA) is 24.5 Å². The van der Waals surface area contributed by atoms with Crippen molar-refractivity contribution in [2.75, 3.05) is 18.0 Å². The van der Waals surface area contributed by atoms with E-state index in [4.69, 9.17) is 4.74 Å². The Hall–Kier alpha value is -1.06. The molecule has 0 spiro atoms. The first kappa shape index (κ1) is 12.7. The number of fused-ring (bicyclic) bond motifs is 2. The fourth-order valence-corrected chi connectivity index (χ4v) is 4.02. The van der Waals surface area contributed by atoms with Crippen molar-refractivity contribution in [3.8, 4) is 0 Å². The third kappa shape index (κ3) is 2.33. The largest absolute Gasteiger partial charge is 0.373 e. The molecule has 3 heteroatoms. The maximum Gasteiger partial charge on any atom is 0.0733 e. The summed E-state index contributed by atoms with van der Waals surface area (Å²) in [5, 5.41) is 3.74. The number of para-hydroxylation sites is 1. The van der Waals surface area contributed by atoms with Gasteiger partial charge in [-0.2, -0.15) is 0 Å².